The van der Waals surface area contributed by atoms with Crippen LogP contribution in [0.15, 0.2) is 28.8 Å². The highest BCUT2D eigenvalue weighted by Gasteiger charge is 2.32. The van der Waals surface area contributed by atoms with Crippen molar-refractivity contribution >= 4 is 11.7 Å². The number of nitrogens with zero attached hydrogens (tertiary/aromatic N) is 2. The molecule has 0 radical (unpaired) electrons. The maximum absolute atomic E-state index is 12.8. The van der Waals surface area contributed by atoms with Gasteiger partial charge in [-0.05, 0) is 18.2 Å². The van der Waals surface area contributed by atoms with Crippen molar-refractivity contribution in [3.63, 3.8) is 0 Å². The van der Waals surface area contributed by atoms with E-state index in [1.807, 2.05) is 0 Å². The smallest absolute Gasteiger partial charge is 0.416 e. The molecule has 0 fully saturated rings. The molecule has 2 rings (SSSR count). The molecular weight excluding hydrogens is 289 g/mol. The largest absolute Gasteiger partial charge is 0.476 e. The van der Waals surface area contributed by atoms with Crippen LogP contribution in [0.1, 0.15) is 16.1 Å². The van der Waals surface area contributed by atoms with Crippen molar-refractivity contribution in [3.05, 3.63) is 35.5 Å². The summed E-state index contributed by atoms with van der Waals surface area (Å²) >= 11 is 0. The van der Waals surface area contributed by atoms with Gasteiger partial charge in [0.1, 0.15) is 0 Å². The SMILES string of the molecule is CN(C)c1ccc(C(F)(F)F)cc1-c1cc(C(=O)O)no1. The summed E-state index contributed by atoms with van der Waals surface area (Å²) < 4.78 is 43.2. The third kappa shape index (κ3) is 2.99. The molecule has 0 bridgehead atoms. The summed E-state index contributed by atoms with van der Waals surface area (Å²) in [6.45, 7) is 0. The Labute approximate surface area is 117 Å². The van der Waals surface area contributed by atoms with Gasteiger partial charge >= 0.3 is 12.1 Å². The van der Waals surface area contributed by atoms with E-state index < -0.39 is 17.7 Å². The van der Waals surface area contributed by atoms with Crippen molar-refractivity contribution in [3.8, 4) is 11.3 Å². The molecule has 112 valence electrons. The summed E-state index contributed by atoms with van der Waals surface area (Å²) in [6, 6.07) is 4.24. The Morgan fingerprint density at radius 3 is 2.43 bits per heavy atom. The topological polar surface area (TPSA) is 66.6 Å². The van der Waals surface area contributed by atoms with Gasteiger partial charge in [0.05, 0.1) is 5.56 Å². The second-order valence-electron chi connectivity index (χ2n) is 4.51. The minimum absolute atomic E-state index is 0.0396. The van der Waals surface area contributed by atoms with Crippen LogP contribution >= 0.6 is 0 Å². The molecule has 0 saturated heterocycles. The summed E-state index contributed by atoms with van der Waals surface area (Å²) in [7, 11) is 3.31. The molecule has 5 nitrogen and oxygen atoms in total. The number of anilines is 1. The van der Waals surface area contributed by atoms with Crippen LogP contribution in [0.25, 0.3) is 11.3 Å². The molecule has 0 aliphatic rings. The summed E-state index contributed by atoms with van der Waals surface area (Å²) in [5.74, 6) is -1.36. The van der Waals surface area contributed by atoms with Crippen molar-refractivity contribution in [2.24, 2.45) is 0 Å². The average Bonchev–Trinajstić information content (AvgIpc) is 2.86. The molecule has 21 heavy (non-hydrogen) atoms. The Bertz CT molecular complexity index is 678. The van der Waals surface area contributed by atoms with E-state index in [1.54, 1.807) is 19.0 Å². The molecule has 0 aliphatic heterocycles. The fourth-order valence-corrected chi connectivity index (χ4v) is 1.80. The van der Waals surface area contributed by atoms with Gasteiger partial charge in [0, 0.05) is 31.4 Å². The van der Waals surface area contributed by atoms with E-state index in [-0.39, 0.29) is 17.0 Å². The number of carboxylic acid groups (broad SMARTS) is 1. The van der Waals surface area contributed by atoms with Crippen molar-refractivity contribution < 1.29 is 27.6 Å². The van der Waals surface area contributed by atoms with Gasteiger partial charge in [-0.25, -0.2) is 4.79 Å². The van der Waals surface area contributed by atoms with Gasteiger partial charge < -0.3 is 14.5 Å². The predicted molar refractivity (Wildman–Crippen MR) is 68.2 cm³/mol. The summed E-state index contributed by atoms with van der Waals surface area (Å²) in [5.41, 5.74) is -0.644. The number of aromatic nitrogens is 1. The molecule has 1 aromatic heterocycles. The molecule has 8 heteroatoms. The van der Waals surface area contributed by atoms with Crippen LogP contribution in [0.3, 0.4) is 0 Å². The average molecular weight is 300 g/mol. The van der Waals surface area contributed by atoms with Crippen LogP contribution in [-0.4, -0.2) is 30.3 Å². The van der Waals surface area contributed by atoms with Gasteiger partial charge in [-0.3, -0.25) is 0 Å². The number of carbonyl (C=O) groups is 1. The summed E-state index contributed by atoms with van der Waals surface area (Å²) in [6.07, 6.45) is -4.50. The molecular formula is C13H11F3N2O3. The van der Waals surface area contributed by atoms with E-state index in [9.17, 15) is 18.0 Å². The molecule has 0 amide bonds. The molecule has 0 atom stereocenters. The fraction of sp³-hybridized carbons (Fsp3) is 0.231. The summed E-state index contributed by atoms with van der Waals surface area (Å²) in [5, 5.41) is 12.1. The lowest BCUT2D eigenvalue weighted by Crippen LogP contribution is -2.12. The lowest BCUT2D eigenvalue weighted by molar-refractivity contribution is -0.137. The predicted octanol–water partition coefficient (Wildman–Crippen LogP) is 3.12. The van der Waals surface area contributed by atoms with Crippen LogP contribution in [-0.2, 0) is 6.18 Å². The molecule has 1 aromatic carbocycles. The van der Waals surface area contributed by atoms with Crippen molar-refractivity contribution in [1.29, 1.82) is 0 Å². The third-order valence-electron chi connectivity index (χ3n) is 2.80. The highest BCUT2D eigenvalue weighted by Crippen LogP contribution is 2.37. The zero-order valence-corrected chi connectivity index (χ0v) is 11.1. The first-order valence-electron chi connectivity index (χ1n) is 5.79. The van der Waals surface area contributed by atoms with Gasteiger partial charge in [-0.15, -0.1) is 0 Å². The molecule has 1 heterocycles. The first-order chi connectivity index (χ1) is 9.70. The second kappa shape index (κ2) is 5.12. The van der Waals surface area contributed by atoms with Gasteiger partial charge in [0.15, 0.2) is 11.5 Å². The number of halogens is 3. The van der Waals surface area contributed by atoms with Crippen LogP contribution in [0.5, 0.6) is 0 Å². The standard InChI is InChI=1S/C13H11F3N2O3/c1-18(2)10-4-3-7(13(14,15)16)5-8(10)11-6-9(12(19)20)17-21-11/h3-6H,1-2H3,(H,19,20). The third-order valence-corrected chi connectivity index (χ3v) is 2.80. The van der Waals surface area contributed by atoms with Gasteiger partial charge in [0.2, 0.25) is 0 Å². The Morgan fingerprint density at radius 1 is 1.29 bits per heavy atom. The zero-order valence-electron chi connectivity index (χ0n) is 11.1. The maximum Gasteiger partial charge on any atom is 0.416 e. The Balaban J connectivity index is 2.60. The number of hydrogen-bond acceptors (Lipinski definition) is 4. The highest BCUT2D eigenvalue weighted by molar-refractivity contribution is 5.87. The number of aromatic carboxylic acids is 1. The van der Waals surface area contributed by atoms with Gasteiger partial charge in [0.25, 0.3) is 0 Å². The molecule has 0 aliphatic carbocycles. The van der Waals surface area contributed by atoms with E-state index in [1.165, 1.54) is 6.07 Å². The first-order valence-corrected chi connectivity index (χ1v) is 5.79. The van der Waals surface area contributed by atoms with Crippen molar-refractivity contribution in [1.82, 2.24) is 5.16 Å². The van der Waals surface area contributed by atoms with Crippen molar-refractivity contribution in [2.75, 3.05) is 19.0 Å². The lowest BCUT2D eigenvalue weighted by atomic mass is 10.0. The minimum Gasteiger partial charge on any atom is -0.476 e. The van der Waals surface area contributed by atoms with E-state index in [0.29, 0.717) is 5.69 Å². The molecule has 2 aromatic rings. The lowest BCUT2D eigenvalue weighted by Gasteiger charge is -2.17. The normalized spacial score (nSPS) is 11.5. The van der Waals surface area contributed by atoms with E-state index in [0.717, 1.165) is 18.2 Å². The first kappa shape index (κ1) is 14.9. The van der Waals surface area contributed by atoms with Crippen molar-refractivity contribution in [2.45, 2.75) is 6.18 Å². The van der Waals surface area contributed by atoms with Crippen LogP contribution in [0.4, 0.5) is 18.9 Å². The maximum atomic E-state index is 12.8. The highest BCUT2D eigenvalue weighted by atomic mass is 19.4. The fourth-order valence-electron chi connectivity index (χ4n) is 1.80. The quantitative estimate of drug-likeness (QED) is 0.943. The molecule has 0 saturated carbocycles. The number of benzene rings is 1. The van der Waals surface area contributed by atoms with E-state index >= 15 is 0 Å². The van der Waals surface area contributed by atoms with Gasteiger partial charge in [-0.1, -0.05) is 5.16 Å². The zero-order chi connectivity index (χ0) is 15.8. The van der Waals surface area contributed by atoms with Gasteiger partial charge in [-0.2, -0.15) is 13.2 Å². The number of rotatable bonds is 3. The van der Waals surface area contributed by atoms with E-state index in [2.05, 4.69) is 5.16 Å². The molecule has 1 N–H and O–H groups in total. The minimum atomic E-state index is -4.50. The number of alkyl halides is 3. The molecule has 0 spiro atoms. The summed E-state index contributed by atoms with van der Waals surface area (Å²) in [4.78, 5) is 12.4. The van der Waals surface area contributed by atoms with Crippen LogP contribution < -0.4 is 4.90 Å². The van der Waals surface area contributed by atoms with Crippen LogP contribution in [0.2, 0.25) is 0 Å². The molecule has 0 unspecified atom stereocenters. The monoisotopic (exact) mass is 300 g/mol. The Morgan fingerprint density at radius 2 is 1.95 bits per heavy atom. The number of carboxylic acids is 1. The number of hydrogen-bond donors (Lipinski definition) is 1. The second-order valence-corrected chi connectivity index (χ2v) is 4.51. The van der Waals surface area contributed by atoms with E-state index in [4.69, 9.17) is 9.63 Å². The van der Waals surface area contributed by atoms with Crippen LogP contribution in [0, 0.1) is 0 Å². The Hall–Kier alpha value is -2.51. The Kier molecular flexibility index (Phi) is 3.63.